The number of para-hydroxylation sites is 1. The van der Waals surface area contributed by atoms with Gasteiger partial charge in [-0.3, -0.25) is 57.6 Å². The van der Waals surface area contributed by atoms with Crippen LogP contribution in [-0.4, -0.2) is 262 Å². The van der Waals surface area contributed by atoms with Crippen LogP contribution in [-0.2, 0) is 73.5 Å². The van der Waals surface area contributed by atoms with Gasteiger partial charge in [0, 0.05) is 50.1 Å². The van der Waals surface area contributed by atoms with Gasteiger partial charge in [-0.15, -0.1) is 5.10 Å². The van der Waals surface area contributed by atoms with Crippen LogP contribution < -0.4 is 64.5 Å². The van der Waals surface area contributed by atoms with Crippen LogP contribution in [0.15, 0.2) is 121 Å². The number of nitrogens with two attached hydrogens (primary N) is 1. The molecule has 0 bridgehead atoms. The van der Waals surface area contributed by atoms with Gasteiger partial charge in [-0.2, -0.15) is 11.0 Å². The van der Waals surface area contributed by atoms with E-state index in [9.17, 15) is 57.5 Å². The van der Waals surface area contributed by atoms with Gasteiger partial charge in [-0.25, -0.2) is 28.7 Å². The molecule has 1 heterocycles. The van der Waals surface area contributed by atoms with E-state index in [0.717, 1.165) is 68.6 Å². The van der Waals surface area contributed by atoms with Crippen LogP contribution in [0.5, 0.6) is 0 Å². The lowest BCUT2D eigenvalue weighted by Gasteiger charge is -2.28. The van der Waals surface area contributed by atoms with E-state index >= 15 is 0 Å². The van der Waals surface area contributed by atoms with Gasteiger partial charge in [-0.1, -0.05) is 121 Å². The number of carboxylic acids is 1. The number of benzene rings is 5. The molecule has 8 rings (SSSR count). The third kappa shape index (κ3) is 36.8. The standard InChI is InChI=1S/C30H38N6O9.C17H15NO5.C13H25N5O5.C12H18N5.C8H19N/c1-30(2,3)45-28(41)35-16-26(39)34-15-25(38)33-14-24(37)31-12-13-32-27(40)18-44-36-29(42)43-17-23-21-10-6-4-8-19(21)20-9-5-7-11-22(20)23;19-16(20)10-23-18-17(21)22-9-15-13-7-3-1-5-11(13)12-6-2-4-8-14(12)15;1-13(2,3)23-12(22)18-8-11(21)17-7-10(20)16-6-9(19)15-5-4-14;1-15(2)12(16(3)4)9-17-11-8-6-5-7-10(11)13-14-17;1-6-9(7(2)3)8(4)5/h4-11,23H,12-18H2,1-3H3,(H,31,37)(H,32,40)(H,33,38)(H,34,39)(H,35,41)(H,36,42);1-8,15H,9-10H2,(H,18,21)(H,19,20);4-8,14H2,1-3H3,(H,15,19)(H,16,20)(H,17,21)(H,18,22);5-8H,9H2,1-4H3;7-8H,6H2,1-5H3/q;;;+1;. The van der Waals surface area contributed by atoms with Crippen molar-refractivity contribution in [1.29, 1.82) is 0 Å². The number of hydroxylamine groups is 2. The Morgan fingerprint density at radius 2 is 0.821 bits per heavy atom. The number of rotatable bonds is 32. The highest BCUT2D eigenvalue weighted by atomic mass is 16.7. The van der Waals surface area contributed by atoms with Crippen LogP contribution >= 0.6 is 0 Å². The lowest BCUT2D eigenvalue weighted by molar-refractivity contribution is -0.471. The normalized spacial score (nSPS) is 11.4. The van der Waals surface area contributed by atoms with E-state index in [1.54, 1.807) is 41.5 Å². The molecular weight excluding hydrogens is 1520 g/mol. The summed E-state index contributed by atoms with van der Waals surface area (Å²) in [5.41, 5.74) is 18.7. The summed E-state index contributed by atoms with van der Waals surface area (Å²) in [7, 11) is 8.14. The third-order valence-corrected chi connectivity index (χ3v) is 16.4. The molecule has 2 aliphatic carbocycles. The SMILES string of the molecule is CC(C)(C)OC(=O)NCC(=O)NCC(=O)NCC(=O)NCCN.CC(C)(C)OC(=O)NCC(=O)NCC(=O)NCC(=O)NCCNC(=O)CONC(=O)OCC1c2ccccc2-c2ccccc21.CCN(C(C)C)C(C)C.CN(C)C(Cn1nnc2ccccc21)=[N+](C)C.O=C(O)CONC(=O)OCC1c2ccccc2-c2ccccc21. The number of nitrogens with zero attached hydrogens (tertiary/aromatic N) is 6. The number of likely N-dealkylation sites (N-methyl/N-ethyl adjacent to an activating group) is 1. The summed E-state index contributed by atoms with van der Waals surface area (Å²) in [5, 5.41) is 38.0. The number of aromatic nitrogens is 3. The number of carbonyl (C=O) groups is 12. The Kier molecular flexibility index (Phi) is 41.5. The fraction of sp³-hybridized carbons (Fsp3) is 0.463. The van der Waals surface area contributed by atoms with Crippen molar-refractivity contribution in [2.45, 2.75) is 118 Å². The molecule has 0 atom stereocenters. The number of amides is 11. The predicted molar refractivity (Wildman–Crippen MR) is 436 cm³/mol. The van der Waals surface area contributed by atoms with Gasteiger partial charge < -0.3 is 77.6 Å². The smallest absolute Gasteiger partial charge is 0.431 e. The topological polar surface area (TPSA) is 479 Å². The molecule has 0 saturated carbocycles. The fourth-order valence-electron chi connectivity index (χ4n) is 11.4. The minimum Gasteiger partial charge on any atom is -0.479 e. The van der Waals surface area contributed by atoms with Gasteiger partial charge >= 0.3 is 30.3 Å². The molecule has 1 aromatic heterocycles. The summed E-state index contributed by atoms with van der Waals surface area (Å²) >= 11 is 0. The molecule has 0 radical (unpaired) electrons. The van der Waals surface area contributed by atoms with Gasteiger partial charge in [-0.05, 0) is 132 Å². The highest BCUT2D eigenvalue weighted by Gasteiger charge is 2.31. The maximum absolute atomic E-state index is 12.1. The second-order valence-corrected chi connectivity index (χ2v) is 28.9. The van der Waals surface area contributed by atoms with E-state index < -0.39 is 96.7 Å². The fourth-order valence-corrected chi connectivity index (χ4v) is 11.4. The highest BCUT2D eigenvalue weighted by molar-refractivity contribution is 5.91. The van der Waals surface area contributed by atoms with Crippen LogP contribution in [0.4, 0.5) is 19.2 Å². The van der Waals surface area contributed by atoms with Crippen LogP contribution in [0.25, 0.3) is 33.3 Å². The van der Waals surface area contributed by atoms with Gasteiger partial charge in [0.2, 0.25) is 41.4 Å². The number of aliphatic carboxylic acids is 1. The molecule has 37 nitrogen and oxygen atoms in total. The zero-order chi connectivity index (χ0) is 86.8. The number of nitrogens with one attached hydrogen (secondary N) is 11. The number of fused-ring (bicyclic) bond motifs is 7. The van der Waals surface area contributed by atoms with Crippen molar-refractivity contribution in [3.05, 3.63) is 144 Å². The predicted octanol–water partition coefficient (Wildman–Crippen LogP) is 3.59. The molecule has 14 N–H and O–H groups in total. The quantitative estimate of drug-likeness (QED) is 0.00716. The second kappa shape index (κ2) is 50.1. The lowest BCUT2D eigenvalue weighted by atomic mass is 9.98. The molecule has 0 saturated heterocycles. The molecule has 117 heavy (non-hydrogen) atoms. The molecule has 0 fully saturated rings. The van der Waals surface area contributed by atoms with Crippen molar-refractivity contribution in [1.82, 2.24) is 83.6 Å². The average Bonchev–Trinajstić information content (AvgIpc) is 1.62. The van der Waals surface area contributed by atoms with E-state index in [2.05, 4.69) is 117 Å². The first-order valence-electron chi connectivity index (χ1n) is 37.8. The first kappa shape index (κ1) is 97.0. The largest absolute Gasteiger partial charge is 0.479 e. The summed E-state index contributed by atoms with van der Waals surface area (Å²) in [6.07, 6.45) is -3.15. The van der Waals surface area contributed by atoms with Crippen LogP contribution in [0.3, 0.4) is 0 Å². The molecular formula is C80H115N18O19+. The number of amidine groups is 1. The maximum Gasteiger partial charge on any atom is 0.431 e. The number of carboxylic acid groups (broad SMARTS) is 1. The second-order valence-electron chi connectivity index (χ2n) is 28.9. The van der Waals surface area contributed by atoms with E-state index in [4.69, 9.17) is 34.6 Å². The first-order valence-corrected chi connectivity index (χ1v) is 37.8. The average molecular weight is 1630 g/mol. The maximum atomic E-state index is 12.1. The summed E-state index contributed by atoms with van der Waals surface area (Å²) in [6, 6.07) is 41.2. The molecule has 6 aromatic rings. The van der Waals surface area contributed by atoms with Gasteiger partial charge in [0.05, 0.1) is 59.9 Å². The van der Waals surface area contributed by atoms with E-state index in [0.29, 0.717) is 25.2 Å². The molecule has 11 amide bonds. The monoisotopic (exact) mass is 1630 g/mol. The number of hydrogen-bond donors (Lipinski definition) is 13. The number of alkyl carbamates (subject to hydrolysis) is 2. The Morgan fingerprint density at radius 3 is 1.16 bits per heavy atom. The first-order chi connectivity index (χ1) is 55.4. The molecule has 0 spiro atoms. The molecule has 37 heteroatoms. The van der Waals surface area contributed by atoms with Crippen molar-refractivity contribution >= 4 is 88.6 Å². The molecule has 0 aliphatic heterocycles. The Labute approximate surface area is 681 Å². The van der Waals surface area contributed by atoms with E-state index in [1.807, 2.05) is 160 Å². The van der Waals surface area contributed by atoms with Crippen molar-refractivity contribution < 1.29 is 95.8 Å². The number of hydrogen-bond acceptors (Lipinski definition) is 22. The van der Waals surface area contributed by atoms with Gasteiger partial charge in [0.15, 0.2) is 13.2 Å². The van der Waals surface area contributed by atoms with Crippen molar-refractivity contribution in [3.8, 4) is 22.3 Å². The van der Waals surface area contributed by atoms with Gasteiger partial charge in [0.1, 0.15) is 49.6 Å². The Balaban J connectivity index is 0.000000338. The summed E-state index contributed by atoms with van der Waals surface area (Å²) in [6.45, 7) is 21.1. The molecule has 2 aliphatic rings. The van der Waals surface area contributed by atoms with Crippen LogP contribution in [0, 0.1) is 0 Å². The minimum atomic E-state index is -1.18. The summed E-state index contributed by atoms with van der Waals surface area (Å²) in [5.74, 6) is -3.93. The lowest BCUT2D eigenvalue weighted by Crippen LogP contribution is -2.45. The Morgan fingerprint density at radius 1 is 0.479 bits per heavy atom. The molecule has 638 valence electrons. The zero-order valence-electron chi connectivity index (χ0n) is 69.2. The molecule has 5 aromatic carbocycles. The summed E-state index contributed by atoms with van der Waals surface area (Å²) < 4.78 is 24.4. The number of ether oxygens (including phenoxy) is 4. The highest BCUT2D eigenvalue weighted by Crippen LogP contribution is 2.46. The molecule has 0 unspecified atom stereocenters. The van der Waals surface area contributed by atoms with Crippen LogP contribution in [0.1, 0.15) is 110 Å². The van der Waals surface area contributed by atoms with E-state index in [1.165, 1.54) is 5.84 Å². The van der Waals surface area contributed by atoms with Crippen molar-refractivity contribution in [2.24, 2.45) is 5.73 Å². The zero-order valence-corrected chi connectivity index (χ0v) is 69.2. The van der Waals surface area contributed by atoms with Crippen LogP contribution in [0.2, 0.25) is 0 Å². The minimum absolute atomic E-state index is 0.0485. The summed E-state index contributed by atoms with van der Waals surface area (Å²) in [4.78, 5) is 152. The van der Waals surface area contributed by atoms with E-state index in [-0.39, 0.29) is 76.8 Å². The Bertz CT molecular complexity index is 4210. The third-order valence-electron chi connectivity index (χ3n) is 16.4. The van der Waals surface area contributed by atoms with Gasteiger partial charge in [0.25, 0.3) is 5.84 Å². The van der Waals surface area contributed by atoms with Crippen molar-refractivity contribution in [3.63, 3.8) is 0 Å². The van der Waals surface area contributed by atoms with Crippen molar-refractivity contribution in [2.75, 3.05) is 127 Å². The number of carbonyl (C=O) groups excluding carboxylic acids is 11. The Hall–Kier alpha value is -12.4.